The van der Waals surface area contributed by atoms with Crippen LogP contribution in [-0.2, 0) is 11.8 Å². The van der Waals surface area contributed by atoms with E-state index in [4.69, 9.17) is 4.74 Å². The fourth-order valence-electron chi connectivity index (χ4n) is 3.10. The number of aryl methyl sites for hydroxylation is 2. The van der Waals surface area contributed by atoms with Gasteiger partial charge in [0.1, 0.15) is 5.75 Å². The Morgan fingerprint density at radius 3 is 2.75 bits per heavy atom. The Kier molecular flexibility index (Phi) is 6.57. The summed E-state index contributed by atoms with van der Waals surface area (Å²) in [6, 6.07) is 13.9. The Balaban J connectivity index is 1.38. The number of rotatable bonds is 7. The zero-order valence-electron chi connectivity index (χ0n) is 18.2. The molecular weight excluding hydrogens is 442 g/mol. The minimum atomic E-state index is -0.137. The van der Waals surface area contributed by atoms with Gasteiger partial charge in [-0.1, -0.05) is 36.0 Å². The number of hydrogen-bond acceptors (Lipinski definition) is 7. The maximum atomic E-state index is 12.5. The van der Waals surface area contributed by atoms with Crippen molar-refractivity contribution in [2.75, 3.05) is 18.2 Å². The monoisotopic (exact) mass is 465 g/mol. The highest BCUT2D eigenvalue weighted by atomic mass is 32.2. The van der Waals surface area contributed by atoms with Crippen LogP contribution in [-0.4, -0.2) is 38.5 Å². The number of benzene rings is 2. The Hall–Kier alpha value is -3.17. The number of aromatic nitrogens is 4. The van der Waals surface area contributed by atoms with Crippen molar-refractivity contribution in [1.82, 2.24) is 19.7 Å². The topological polar surface area (TPSA) is 81.9 Å². The summed E-state index contributed by atoms with van der Waals surface area (Å²) < 4.78 is 7.15. The minimum Gasteiger partial charge on any atom is -0.497 e. The lowest BCUT2D eigenvalue weighted by Gasteiger charge is -2.05. The average molecular weight is 466 g/mol. The molecule has 2 aromatic carbocycles. The number of methoxy groups -OCH3 is 1. The summed E-state index contributed by atoms with van der Waals surface area (Å²) in [7, 11) is 3.51. The second-order valence-electron chi connectivity index (χ2n) is 7.27. The largest absolute Gasteiger partial charge is 0.497 e. The lowest BCUT2D eigenvalue weighted by Crippen LogP contribution is -2.14. The number of ether oxygens (including phenoxy) is 1. The molecule has 0 saturated carbocycles. The van der Waals surface area contributed by atoms with E-state index in [0.717, 1.165) is 22.6 Å². The van der Waals surface area contributed by atoms with Gasteiger partial charge in [0.25, 0.3) is 0 Å². The molecular formula is C23H23N5O2S2. The number of nitrogens with zero attached hydrogens (tertiary/aromatic N) is 4. The third-order valence-corrected chi connectivity index (χ3v) is 6.83. The highest BCUT2D eigenvalue weighted by Crippen LogP contribution is 2.28. The first-order chi connectivity index (χ1) is 15.4. The van der Waals surface area contributed by atoms with Crippen LogP contribution in [0.3, 0.4) is 0 Å². The van der Waals surface area contributed by atoms with E-state index in [9.17, 15) is 4.79 Å². The van der Waals surface area contributed by atoms with Crippen LogP contribution < -0.4 is 10.1 Å². The Bertz CT molecular complexity index is 1270. The molecule has 0 atom stereocenters. The van der Waals surface area contributed by atoms with E-state index in [1.54, 1.807) is 7.11 Å². The van der Waals surface area contributed by atoms with E-state index in [1.165, 1.54) is 34.2 Å². The number of nitrogens with one attached hydrogen (secondary N) is 1. The zero-order valence-corrected chi connectivity index (χ0v) is 19.9. The third-order valence-electron chi connectivity index (χ3n) is 5.05. The number of amides is 1. The minimum absolute atomic E-state index is 0.137. The number of thioether (sulfide) groups is 1. The van der Waals surface area contributed by atoms with Crippen molar-refractivity contribution in [2.45, 2.75) is 19.0 Å². The van der Waals surface area contributed by atoms with Gasteiger partial charge in [0.15, 0.2) is 16.1 Å². The zero-order chi connectivity index (χ0) is 22.7. The molecule has 7 nitrogen and oxygen atoms in total. The molecule has 0 radical (unpaired) electrons. The molecule has 0 aliphatic heterocycles. The smallest absolute Gasteiger partial charge is 0.236 e. The quantitative estimate of drug-likeness (QED) is 0.389. The van der Waals surface area contributed by atoms with Gasteiger partial charge in [0.2, 0.25) is 5.91 Å². The van der Waals surface area contributed by atoms with E-state index >= 15 is 0 Å². The van der Waals surface area contributed by atoms with Gasteiger partial charge in [-0.05, 0) is 43.2 Å². The van der Waals surface area contributed by atoms with Crippen molar-refractivity contribution >= 4 is 34.1 Å². The van der Waals surface area contributed by atoms with Crippen LogP contribution in [0.2, 0.25) is 0 Å². The lowest BCUT2D eigenvalue weighted by atomic mass is 10.1. The number of anilines is 1. The Morgan fingerprint density at radius 2 is 1.97 bits per heavy atom. The molecule has 0 saturated heterocycles. The molecule has 32 heavy (non-hydrogen) atoms. The lowest BCUT2D eigenvalue weighted by molar-refractivity contribution is -0.113. The molecule has 4 aromatic rings. The summed E-state index contributed by atoms with van der Waals surface area (Å²) in [5.41, 5.74) is 5.26. The molecule has 0 aliphatic carbocycles. The summed E-state index contributed by atoms with van der Waals surface area (Å²) in [6.45, 7) is 4.16. The van der Waals surface area contributed by atoms with Gasteiger partial charge in [0, 0.05) is 23.6 Å². The third kappa shape index (κ3) is 4.84. The van der Waals surface area contributed by atoms with Gasteiger partial charge in [0.05, 0.1) is 18.6 Å². The number of thiazole rings is 1. The predicted octanol–water partition coefficient (Wildman–Crippen LogP) is 4.96. The molecule has 2 heterocycles. The summed E-state index contributed by atoms with van der Waals surface area (Å²) in [6.07, 6.45) is 0. The van der Waals surface area contributed by atoms with E-state index in [-0.39, 0.29) is 11.7 Å². The van der Waals surface area contributed by atoms with Crippen LogP contribution in [0, 0.1) is 13.8 Å². The fraction of sp³-hybridized carbons (Fsp3) is 0.217. The van der Waals surface area contributed by atoms with Gasteiger partial charge >= 0.3 is 0 Å². The van der Waals surface area contributed by atoms with E-state index in [2.05, 4.69) is 46.5 Å². The van der Waals surface area contributed by atoms with E-state index in [0.29, 0.717) is 16.1 Å². The maximum absolute atomic E-state index is 12.5. The molecule has 0 bridgehead atoms. The molecule has 1 amide bonds. The van der Waals surface area contributed by atoms with Gasteiger partial charge in [-0.3, -0.25) is 4.79 Å². The second-order valence-corrected chi connectivity index (χ2v) is 9.07. The summed E-state index contributed by atoms with van der Waals surface area (Å²) >= 11 is 2.74. The second kappa shape index (κ2) is 9.54. The molecule has 4 rings (SSSR count). The normalized spacial score (nSPS) is 10.9. The highest BCUT2D eigenvalue weighted by Gasteiger charge is 2.14. The fourth-order valence-corrected chi connectivity index (χ4v) is 4.55. The molecule has 0 unspecified atom stereocenters. The molecule has 164 valence electrons. The number of carbonyl (C=O) groups excluding carboxylic acids is 1. The van der Waals surface area contributed by atoms with Crippen LogP contribution >= 0.6 is 23.1 Å². The first-order valence-electron chi connectivity index (χ1n) is 9.94. The SMILES string of the molecule is COc1cccc(-c2nnc(SCC(=O)Nc3nc(-c4ccc(C)c(C)c4)cs3)n2C)c1. The van der Waals surface area contributed by atoms with Crippen LogP contribution in [0.1, 0.15) is 11.1 Å². The first-order valence-corrected chi connectivity index (χ1v) is 11.8. The van der Waals surface area contributed by atoms with Crippen LogP contribution in [0.25, 0.3) is 22.6 Å². The summed E-state index contributed by atoms with van der Waals surface area (Å²) in [5, 5.41) is 14.6. The van der Waals surface area contributed by atoms with Crippen molar-refractivity contribution in [3.63, 3.8) is 0 Å². The van der Waals surface area contributed by atoms with Crippen LogP contribution in [0.15, 0.2) is 53.0 Å². The molecule has 0 aliphatic rings. The van der Waals surface area contributed by atoms with Crippen molar-refractivity contribution in [3.8, 4) is 28.4 Å². The van der Waals surface area contributed by atoms with Gasteiger partial charge in [-0.2, -0.15) is 0 Å². The van der Waals surface area contributed by atoms with Gasteiger partial charge in [-0.25, -0.2) is 4.98 Å². The molecule has 1 N–H and O–H groups in total. The molecule has 2 aromatic heterocycles. The number of hydrogen-bond donors (Lipinski definition) is 1. The standard InChI is InChI=1S/C23H23N5O2S2/c1-14-8-9-16(10-15(14)2)19-12-31-22(24-19)25-20(29)13-32-23-27-26-21(28(23)3)17-6-5-7-18(11-17)30-4/h5-12H,13H2,1-4H3,(H,24,25,29). The predicted molar refractivity (Wildman–Crippen MR) is 129 cm³/mol. The Labute approximate surface area is 194 Å². The van der Waals surface area contributed by atoms with Crippen molar-refractivity contribution in [3.05, 3.63) is 59.0 Å². The van der Waals surface area contributed by atoms with Crippen molar-refractivity contribution in [1.29, 1.82) is 0 Å². The highest BCUT2D eigenvalue weighted by molar-refractivity contribution is 7.99. The van der Waals surface area contributed by atoms with Gasteiger partial charge < -0.3 is 14.6 Å². The van der Waals surface area contributed by atoms with Crippen LogP contribution in [0.4, 0.5) is 5.13 Å². The van der Waals surface area contributed by atoms with Crippen molar-refractivity contribution < 1.29 is 9.53 Å². The van der Waals surface area contributed by atoms with Crippen LogP contribution in [0.5, 0.6) is 5.75 Å². The van der Waals surface area contributed by atoms with E-state index in [1.807, 2.05) is 47.3 Å². The first kappa shape index (κ1) is 22.0. The maximum Gasteiger partial charge on any atom is 0.236 e. The molecule has 0 fully saturated rings. The number of carbonyl (C=O) groups is 1. The van der Waals surface area contributed by atoms with Gasteiger partial charge in [-0.15, -0.1) is 21.5 Å². The van der Waals surface area contributed by atoms with Crippen molar-refractivity contribution in [2.24, 2.45) is 7.05 Å². The van der Waals surface area contributed by atoms with E-state index < -0.39 is 0 Å². The summed E-state index contributed by atoms with van der Waals surface area (Å²) in [5.74, 6) is 1.54. The average Bonchev–Trinajstić information content (AvgIpc) is 3.41. The summed E-state index contributed by atoms with van der Waals surface area (Å²) in [4.78, 5) is 17.0. The molecule has 9 heteroatoms. The molecule has 0 spiro atoms. The Morgan fingerprint density at radius 1 is 1.12 bits per heavy atom.